The van der Waals surface area contributed by atoms with Crippen LogP contribution in [0, 0.1) is 0 Å². The van der Waals surface area contributed by atoms with Crippen molar-refractivity contribution in [1.82, 2.24) is 10.4 Å². The number of nitrogens with one attached hydrogen (secondary N) is 1. The van der Waals surface area contributed by atoms with E-state index < -0.39 is 0 Å². The molecule has 1 unspecified atom stereocenters. The van der Waals surface area contributed by atoms with Crippen molar-refractivity contribution in [1.29, 1.82) is 0 Å². The molecule has 0 saturated heterocycles. The minimum absolute atomic E-state index is 0.0741. The Bertz CT molecular complexity index is 550. The molecule has 0 saturated carbocycles. The molecule has 19 heavy (non-hydrogen) atoms. The molecule has 0 aliphatic rings. The molecule has 0 aliphatic carbocycles. The topological polar surface area (TPSA) is 77.0 Å². The number of benzene rings is 1. The first-order valence-corrected chi connectivity index (χ1v) is 7.11. The Balaban J connectivity index is 2.09. The molecule has 1 aromatic heterocycles. The number of anilines is 1. The quantitative estimate of drug-likeness (QED) is 0.449. The van der Waals surface area contributed by atoms with Crippen LogP contribution in [0.5, 0.6) is 0 Å². The summed E-state index contributed by atoms with van der Waals surface area (Å²) in [4.78, 5) is 5.10. The van der Waals surface area contributed by atoms with Gasteiger partial charge in [-0.15, -0.1) is 11.8 Å². The zero-order valence-corrected chi connectivity index (χ0v) is 11.8. The fourth-order valence-corrected chi connectivity index (χ4v) is 2.97. The second kappa shape index (κ2) is 6.77. The first-order valence-electron chi connectivity index (χ1n) is 5.75. The first-order chi connectivity index (χ1) is 9.22. The monoisotopic (exact) mass is 294 g/mol. The van der Waals surface area contributed by atoms with E-state index in [4.69, 9.17) is 23.2 Å². The Morgan fingerprint density at radius 1 is 1.32 bits per heavy atom. The highest BCUT2D eigenvalue weighted by molar-refractivity contribution is 7.99. The molecule has 6 heteroatoms. The summed E-state index contributed by atoms with van der Waals surface area (Å²) >= 11 is 7.74. The van der Waals surface area contributed by atoms with Gasteiger partial charge in [0.25, 0.3) is 0 Å². The molecule has 1 aromatic carbocycles. The van der Waals surface area contributed by atoms with Crippen molar-refractivity contribution in [2.45, 2.75) is 10.9 Å². The summed E-state index contributed by atoms with van der Waals surface area (Å²) < 4.78 is 0. The van der Waals surface area contributed by atoms with E-state index in [9.17, 15) is 0 Å². The molecule has 100 valence electrons. The van der Waals surface area contributed by atoms with Gasteiger partial charge < -0.3 is 5.73 Å². The summed E-state index contributed by atoms with van der Waals surface area (Å²) in [5, 5.41) is 0.738. The summed E-state index contributed by atoms with van der Waals surface area (Å²) in [7, 11) is 0. The smallest absolute Gasteiger partial charge is 0.0589 e. The Morgan fingerprint density at radius 2 is 2.11 bits per heavy atom. The Morgan fingerprint density at radius 3 is 2.79 bits per heavy atom. The molecule has 0 spiro atoms. The molecular weight excluding hydrogens is 280 g/mol. The van der Waals surface area contributed by atoms with E-state index in [1.807, 2.05) is 24.3 Å². The molecule has 2 rings (SSSR count). The standard InChI is InChI=1S/C13H15ClN4S/c14-10-3-1-2-4-13(10)19-8-12(18-16)9-7-17-6-5-11(9)15/h1-7,12,18H,8,16H2,(H2,15,17). The first kappa shape index (κ1) is 14.1. The van der Waals surface area contributed by atoms with Gasteiger partial charge in [-0.2, -0.15) is 0 Å². The highest BCUT2D eigenvalue weighted by Crippen LogP contribution is 2.30. The fraction of sp³-hybridized carbons (Fsp3) is 0.154. The second-order valence-corrected chi connectivity index (χ2v) is 5.43. The van der Waals surface area contributed by atoms with E-state index in [1.165, 1.54) is 0 Å². The van der Waals surface area contributed by atoms with Gasteiger partial charge in [0.15, 0.2) is 0 Å². The van der Waals surface area contributed by atoms with Crippen molar-refractivity contribution in [2.24, 2.45) is 5.84 Å². The van der Waals surface area contributed by atoms with E-state index >= 15 is 0 Å². The van der Waals surface area contributed by atoms with E-state index in [0.717, 1.165) is 21.2 Å². The normalized spacial score (nSPS) is 12.3. The molecule has 2 aromatic rings. The van der Waals surface area contributed by atoms with Gasteiger partial charge in [-0.3, -0.25) is 16.3 Å². The molecule has 0 amide bonds. The van der Waals surface area contributed by atoms with E-state index in [-0.39, 0.29) is 6.04 Å². The summed E-state index contributed by atoms with van der Waals surface area (Å²) in [6.45, 7) is 0. The van der Waals surface area contributed by atoms with Crippen LogP contribution in [0.15, 0.2) is 47.6 Å². The third-order valence-electron chi connectivity index (χ3n) is 2.71. The van der Waals surface area contributed by atoms with Gasteiger partial charge in [0.1, 0.15) is 0 Å². The Kier molecular flexibility index (Phi) is 5.04. The summed E-state index contributed by atoms with van der Waals surface area (Å²) in [6, 6.07) is 9.40. The van der Waals surface area contributed by atoms with Crippen LogP contribution in [0.4, 0.5) is 5.69 Å². The lowest BCUT2D eigenvalue weighted by Gasteiger charge is -2.17. The zero-order chi connectivity index (χ0) is 13.7. The number of hydrazine groups is 1. The van der Waals surface area contributed by atoms with Gasteiger partial charge in [0, 0.05) is 34.3 Å². The Labute approximate surface area is 121 Å². The number of aromatic nitrogens is 1. The largest absolute Gasteiger partial charge is 0.398 e. The molecule has 0 radical (unpaired) electrons. The third kappa shape index (κ3) is 3.61. The van der Waals surface area contributed by atoms with Crippen molar-refractivity contribution >= 4 is 29.1 Å². The lowest BCUT2D eigenvalue weighted by Crippen LogP contribution is -2.30. The number of nitrogens with two attached hydrogens (primary N) is 2. The molecule has 1 atom stereocenters. The van der Waals surface area contributed by atoms with Crippen LogP contribution >= 0.6 is 23.4 Å². The molecule has 5 N–H and O–H groups in total. The maximum Gasteiger partial charge on any atom is 0.0589 e. The third-order valence-corrected chi connectivity index (χ3v) is 4.31. The van der Waals surface area contributed by atoms with Gasteiger partial charge in [0.2, 0.25) is 0 Å². The van der Waals surface area contributed by atoms with Crippen LogP contribution in [0.3, 0.4) is 0 Å². The van der Waals surface area contributed by atoms with Crippen molar-refractivity contribution in [3.8, 4) is 0 Å². The van der Waals surface area contributed by atoms with Crippen LogP contribution in [-0.4, -0.2) is 10.7 Å². The SMILES string of the molecule is NNC(CSc1ccccc1Cl)c1cnccc1N. The number of hydrogen-bond acceptors (Lipinski definition) is 5. The molecule has 0 aliphatic heterocycles. The molecule has 0 bridgehead atoms. The highest BCUT2D eigenvalue weighted by Gasteiger charge is 2.14. The average molecular weight is 295 g/mol. The van der Waals surface area contributed by atoms with Gasteiger partial charge in [-0.1, -0.05) is 23.7 Å². The predicted molar refractivity (Wildman–Crippen MR) is 80.9 cm³/mol. The van der Waals surface area contributed by atoms with Crippen LogP contribution in [0.2, 0.25) is 5.02 Å². The number of nitrogens with zero attached hydrogens (tertiary/aromatic N) is 1. The lowest BCUT2D eigenvalue weighted by atomic mass is 10.1. The van der Waals surface area contributed by atoms with Crippen molar-refractivity contribution in [2.75, 3.05) is 11.5 Å². The van der Waals surface area contributed by atoms with Crippen LogP contribution in [-0.2, 0) is 0 Å². The van der Waals surface area contributed by atoms with E-state index in [0.29, 0.717) is 5.69 Å². The number of pyridine rings is 1. The number of nitrogen functional groups attached to an aromatic ring is 1. The lowest BCUT2D eigenvalue weighted by molar-refractivity contribution is 0.610. The highest BCUT2D eigenvalue weighted by atomic mass is 35.5. The van der Waals surface area contributed by atoms with Gasteiger partial charge >= 0.3 is 0 Å². The van der Waals surface area contributed by atoms with Crippen LogP contribution in [0.1, 0.15) is 11.6 Å². The molecule has 1 heterocycles. The van der Waals surface area contributed by atoms with Gasteiger partial charge in [0.05, 0.1) is 11.1 Å². The number of thioether (sulfide) groups is 1. The number of hydrogen-bond donors (Lipinski definition) is 3. The van der Waals surface area contributed by atoms with E-state index in [1.54, 1.807) is 30.2 Å². The predicted octanol–water partition coefficient (Wildman–Crippen LogP) is 2.61. The minimum Gasteiger partial charge on any atom is -0.398 e. The summed E-state index contributed by atoms with van der Waals surface area (Å²) in [5.74, 6) is 6.31. The van der Waals surface area contributed by atoms with Gasteiger partial charge in [-0.05, 0) is 18.2 Å². The molecule has 0 fully saturated rings. The average Bonchev–Trinajstić information content (AvgIpc) is 2.43. The maximum atomic E-state index is 6.12. The number of rotatable bonds is 5. The summed E-state index contributed by atoms with van der Waals surface area (Å²) in [5.41, 5.74) is 10.3. The Hall–Kier alpha value is -1.27. The number of halogens is 1. The summed E-state index contributed by atoms with van der Waals surface area (Å²) in [6.07, 6.45) is 3.39. The van der Waals surface area contributed by atoms with Crippen LogP contribution < -0.4 is 17.0 Å². The maximum absolute atomic E-state index is 6.12. The van der Waals surface area contributed by atoms with Crippen LogP contribution in [0.25, 0.3) is 0 Å². The minimum atomic E-state index is -0.0741. The zero-order valence-electron chi connectivity index (χ0n) is 10.2. The van der Waals surface area contributed by atoms with Crippen molar-refractivity contribution < 1.29 is 0 Å². The molecule has 4 nitrogen and oxygen atoms in total. The van der Waals surface area contributed by atoms with Crippen molar-refractivity contribution in [3.63, 3.8) is 0 Å². The van der Waals surface area contributed by atoms with E-state index in [2.05, 4.69) is 10.4 Å². The van der Waals surface area contributed by atoms with Gasteiger partial charge in [-0.25, -0.2) is 0 Å². The second-order valence-electron chi connectivity index (χ2n) is 3.97. The fourth-order valence-electron chi connectivity index (χ4n) is 1.67. The van der Waals surface area contributed by atoms with Crippen molar-refractivity contribution in [3.05, 3.63) is 53.3 Å². The molecular formula is C13H15ClN4S.